The molecule has 0 aromatic heterocycles. The smallest absolute Gasteiger partial charge is 0.310 e. The van der Waals surface area contributed by atoms with E-state index in [9.17, 15) is 9.59 Å². The number of carbonyl (C=O) groups excluding carboxylic acids is 2. The molecule has 0 heterocycles. The molecule has 0 radical (unpaired) electrons. The second kappa shape index (κ2) is 7.77. The minimum absolute atomic E-state index is 0.104. The number of benzene rings is 1. The predicted molar refractivity (Wildman–Crippen MR) is 69.5 cm³/mol. The summed E-state index contributed by atoms with van der Waals surface area (Å²) in [6.45, 7) is -0.203. The van der Waals surface area contributed by atoms with Gasteiger partial charge in [-0.25, -0.2) is 0 Å². The minimum atomic E-state index is -0.471. The highest BCUT2D eigenvalue weighted by Gasteiger charge is 2.08. The fraction of sp³-hybridized carbons (Fsp3) is 0.286. The van der Waals surface area contributed by atoms with Crippen molar-refractivity contribution in [3.05, 3.63) is 29.8 Å². The van der Waals surface area contributed by atoms with E-state index >= 15 is 0 Å². The van der Waals surface area contributed by atoms with E-state index in [-0.39, 0.29) is 19.6 Å². The van der Waals surface area contributed by atoms with Crippen molar-refractivity contribution in [2.45, 2.75) is 6.42 Å². The molecule has 1 N–H and O–H groups in total. The van der Waals surface area contributed by atoms with Gasteiger partial charge < -0.3 is 14.8 Å². The van der Waals surface area contributed by atoms with Gasteiger partial charge >= 0.3 is 5.97 Å². The molecular formula is C14H15NO4. The van der Waals surface area contributed by atoms with Gasteiger partial charge in [0, 0.05) is 0 Å². The molecule has 0 atom stereocenters. The van der Waals surface area contributed by atoms with E-state index in [1.165, 1.54) is 0 Å². The van der Waals surface area contributed by atoms with E-state index in [4.69, 9.17) is 15.9 Å². The molecule has 0 bridgehead atoms. The largest absolute Gasteiger partial charge is 0.497 e. The molecule has 0 spiro atoms. The Morgan fingerprint density at radius 2 is 2.00 bits per heavy atom. The van der Waals surface area contributed by atoms with Crippen molar-refractivity contribution in [1.82, 2.24) is 5.32 Å². The minimum Gasteiger partial charge on any atom is -0.497 e. The van der Waals surface area contributed by atoms with E-state index in [2.05, 4.69) is 11.2 Å². The van der Waals surface area contributed by atoms with E-state index in [1.807, 2.05) is 0 Å². The van der Waals surface area contributed by atoms with Crippen LogP contribution in [0.2, 0.25) is 0 Å². The number of amides is 1. The van der Waals surface area contributed by atoms with Crippen molar-refractivity contribution in [1.29, 1.82) is 0 Å². The molecule has 1 rings (SSSR count). The Morgan fingerprint density at radius 3 is 2.58 bits per heavy atom. The number of ether oxygens (including phenoxy) is 2. The molecule has 0 aliphatic carbocycles. The van der Waals surface area contributed by atoms with Crippen LogP contribution in [0, 0.1) is 12.3 Å². The first-order chi connectivity index (χ1) is 9.15. The maximum Gasteiger partial charge on any atom is 0.310 e. The lowest BCUT2D eigenvalue weighted by molar-refractivity contribution is -0.147. The van der Waals surface area contributed by atoms with Gasteiger partial charge in [0.25, 0.3) is 5.91 Å². The summed E-state index contributed by atoms with van der Waals surface area (Å²) >= 11 is 0. The molecule has 5 heteroatoms. The standard InChI is InChI=1S/C14H15NO4/c1-3-8-15-13(16)10-19-14(17)9-11-4-6-12(18-2)7-5-11/h1,4-7H,8-10H2,2H3,(H,15,16). The number of hydrogen-bond donors (Lipinski definition) is 1. The van der Waals surface area contributed by atoms with Gasteiger partial charge in [0.05, 0.1) is 20.1 Å². The third-order valence-corrected chi connectivity index (χ3v) is 2.26. The summed E-state index contributed by atoms with van der Waals surface area (Å²) in [4.78, 5) is 22.6. The molecule has 1 aromatic rings. The SMILES string of the molecule is C#CCNC(=O)COC(=O)Cc1ccc(OC)cc1. The summed E-state index contributed by atoms with van der Waals surface area (Å²) in [5.74, 6) is 2.08. The van der Waals surface area contributed by atoms with Crippen molar-refractivity contribution in [2.24, 2.45) is 0 Å². The highest BCUT2D eigenvalue weighted by atomic mass is 16.5. The van der Waals surface area contributed by atoms with Gasteiger partial charge in [0.2, 0.25) is 0 Å². The first-order valence-electron chi connectivity index (χ1n) is 5.64. The molecule has 0 fully saturated rings. The number of hydrogen-bond acceptors (Lipinski definition) is 4. The monoisotopic (exact) mass is 261 g/mol. The second-order valence-electron chi connectivity index (χ2n) is 3.67. The average Bonchev–Trinajstić information content (AvgIpc) is 2.43. The summed E-state index contributed by atoms with van der Waals surface area (Å²) in [6.07, 6.45) is 5.08. The lowest BCUT2D eigenvalue weighted by Crippen LogP contribution is -2.29. The quantitative estimate of drug-likeness (QED) is 0.599. The van der Waals surface area contributed by atoms with Gasteiger partial charge in [0.1, 0.15) is 5.75 Å². The van der Waals surface area contributed by atoms with E-state index in [1.54, 1.807) is 31.4 Å². The zero-order valence-corrected chi connectivity index (χ0v) is 10.6. The first-order valence-corrected chi connectivity index (χ1v) is 5.64. The maximum atomic E-state index is 11.5. The van der Waals surface area contributed by atoms with Crippen LogP contribution in [-0.2, 0) is 20.7 Å². The zero-order valence-electron chi connectivity index (χ0n) is 10.6. The summed E-state index contributed by atoms with van der Waals surface area (Å²) in [5, 5.41) is 2.40. The summed E-state index contributed by atoms with van der Waals surface area (Å²) < 4.78 is 9.82. The van der Waals surface area contributed by atoms with Gasteiger partial charge in [0.15, 0.2) is 6.61 Å². The Hall–Kier alpha value is -2.48. The number of esters is 1. The van der Waals surface area contributed by atoms with E-state index < -0.39 is 11.9 Å². The second-order valence-corrected chi connectivity index (χ2v) is 3.67. The molecular weight excluding hydrogens is 246 g/mol. The van der Waals surface area contributed by atoms with Crippen LogP contribution in [0.1, 0.15) is 5.56 Å². The van der Waals surface area contributed by atoms with Gasteiger partial charge in [-0.3, -0.25) is 9.59 Å². The van der Waals surface area contributed by atoms with E-state index in [0.29, 0.717) is 5.75 Å². The number of terminal acetylenes is 1. The van der Waals surface area contributed by atoms with Crippen LogP contribution >= 0.6 is 0 Å². The van der Waals surface area contributed by atoms with Gasteiger partial charge in [-0.15, -0.1) is 6.42 Å². The Balaban J connectivity index is 2.34. The lowest BCUT2D eigenvalue weighted by atomic mass is 10.1. The number of nitrogens with one attached hydrogen (secondary N) is 1. The summed E-state index contributed by atoms with van der Waals surface area (Å²) in [7, 11) is 1.57. The van der Waals surface area contributed by atoms with Crippen LogP contribution in [0.4, 0.5) is 0 Å². The van der Waals surface area contributed by atoms with Gasteiger partial charge in [-0.05, 0) is 17.7 Å². The highest BCUT2D eigenvalue weighted by molar-refractivity contribution is 5.81. The lowest BCUT2D eigenvalue weighted by Gasteiger charge is -2.05. The fourth-order valence-corrected chi connectivity index (χ4v) is 1.31. The van der Waals surface area contributed by atoms with Crippen LogP contribution in [0.25, 0.3) is 0 Å². The van der Waals surface area contributed by atoms with Gasteiger partial charge in [-0.2, -0.15) is 0 Å². The van der Waals surface area contributed by atoms with Crippen molar-refractivity contribution in [3.8, 4) is 18.1 Å². The van der Waals surface area contributed by atoms with Crippen molar-refractivity contribution in [3.63, 3.8) is 0 Å². The molecule has 0 aliphatic rings. The molecule has 5 nitrogen and oxygen atoms in total. The molecule has 1 amide bonds. The predicted octanol–water partition coefficient (Wildman–Crippen LogP) is 0.530. The van der Waals surface area contributed by atoms with Crippen molar-refractivity contribution < 1.29 is 19.1 Å². The topological polar surface area (TPSA) is 64.6 Å². The molecule has 100 valence electrons. The Morgan fingerprint density at radius 1 is 1.32 bits per heavy atom. The van der Waals surface area contributed by atoms with Gasteiger partial charge in [-0.1, -0.05) is 18.1 Å². The summed E-state index contributed by atoms with van der Waals surface area (Å²) in [5.41, 5.74) is 0.787. The van der Waals surface area contributed by atoms with Crippen molar-refractivity contribution >= 4 is 11.9 Å². The van der Waals surface area contributed by atoms with Crippen LogP contribution < -0.4 is 10.1 Å². The summed E-state index contributed by atoms with van der Waals surface area (Å²) in [6, 6.07) is 7.03. The Kier molecular flexibility index (Phi) is 5.96. The van der Waals surface area contributed by atoms with Crippen molar-refractivity contribution in [2.75, 3.05) is 20.3 Å². The van der Waals surface area contributed by atoms with E-state index in [0.717, 1.165) is 5.56 Å². The number of methoxy groups -OCH3 is 1. The Bertz CT molecular complexity index is 473. The molecule has 1 aromatic carbocycles. The highest BCUT2D eigenvalue weighted by Crippen LogP contribution is 2.11. The first kappa shape index (κ1) is 14.6. The van der Waals surface area contributed by atoms with Crippen LogP contribution in [0.15, 0.2) is 24.3 Å². The molecule has 0 aliphatic heterocycles. The average molecular weight is 261 g/mol. The zero-order chi connectivity index (χ0) is 14.1. The normalized spacial score (nSPS) is 9.26. The maximum absolute atomic E-state index is 11.5. The van der Waals surface area contributed by atoms with Crippen LogP contribution in [0.3, 0.4) is 0 Å². The molecule has 0 unspecified atom stereocenters. The number of rotatable bonds is 6. The third kappa shape index (κ3) is 5.59. The molecule has 19 heavy (non-hydrogen) atoms. The van der Waals surface area contributed by atoms with Crippen LogP contribution in [0.5, 0.6) is 5.75 Å². The van der Waals surface area contributed by atoms with Crippen LogP contribution in [-0.4, -0.2) is 32.1 Å². The molecule has 0 saturated heterocycles. The fourth-order valence-electron chi connectivity index (χ4n) is 1.31. The molecule has 0 saturated carbocycles. The Labute approximate surface area is 111 Å². The number of carbonyl (C=O) groups is 2. The third-order valence-electron chi connectivity index (χ3n) is 2.26.